The van der Waals surface area contributed by atoms with Crippen molar-refractivity contribution in [3.05, 3.63) is 12.7 Å². The molecule has 1 unspecified atom stereocenters. The average Bonchev–Trinajstić information content (AvgIpc) is 3.12. The quantitative estimate of drug-likeness (QED) is 0.184. The van der Waals surface area contributed by atoms with E-state index in [-0.39, 0.29) is 0 Å². The summed E-state index contributed by atoms with van der Waals surface area (Å²) < 4.78 is 0. The van der Waals surface area contributed by atoms with Crippen molar-refractivity contribution in [3.8, 4) is 0 Å². The maximum Gasteiger partial charge on any atom is -0.0322 e. The van der Waals surface area contributed by atoms with Gasteiger partial charge in [0.2, 0.25) is 0 Å². The number of hydrogen-bond acceptors (Lipinski definition) is 0. The molecule has 0 heteroatoms. The van der Waals surface area contributed by atoms with Crippen molar-refractivity contribution >= 4 is 0 Å². The van der Waals surface area contributed by atoms with Gasteiger partial charge in [-0.2, -0.15) is 0 Å². The minimum absolute atomic E-state index is 0.956. The van der Waals surface area contributed by atoms with E-state index in [2.05, 4.69) is 19.6 Å². The summed E-state index contributed by atoms with van der Waals surface area (Å²) in [7, 11) is 0. The Hall–Kier alpha value is -0.260. The molecular weight excluding hydrogens is 288 g/mol. The van der Waals surface area contributed by atoms with Crippen molar-refractivity contribution in [1.82, 2.24) is 0 Å². The Bertz CT molecular complexity index is 261. The van der Waals surface area contributed by atoms with Gasteiger partial charge in [-0.1, -0.05) is 122 Å². The zero-order valence-corrected chi connectivity index (χ0v) is 16.9. The van der Waals surface area contributed by atoms with Crippen LogP contribution in [-0.2, 0) is 0 Å². The van der Waals surface area contributed by atoms with Crippen molar-refractivity contribution in [2.45, 2.75) is 129 Å². The third-order valence-electron chi connectivity index (χ3n) is 6.21. The van der Waals surface area contributed by atoms with Crippen LogP contribution in [0.15, 0.2) is 12.7 Å². The van der Waals surface area contributed by atoms with Gasteiger partial charge in [-0.3, -0.25) is 0 Å². The zero-order valence-electron chi connectivity index (χ0n) is 16.9. The largest absolute Gasteiger partial charge is 0.103 e. The Morgan fingerprint density at radius 3 is 1.67 bits per heavy atom. The van der Waals surface area contributed by atoms with E-state index in [0.717, 1.165) is 11.8 Å². The monoisotopic (exact) mass is 334 g/mol. The van der Waals surface area contributed by atoms with Crippen LogP contribution < -0.4 is 0 Å². The second-order valence-corrected chi connectivity index (χ2v) is 8.36. The minimum atomic E-state index is 0.956. The minimum Gasteiger partial charge on any atom is -0.103 e. The molecule has 1 aliphatic rings. The van der Waals surface area contributed by atoms with Crippen LogP contribution in [0.4, 0.5) is 0 Å². The highest BCUT2D eigenvalue weighted by Gasteiger charge is 2.23. The molecule has 0 amide bonds. The van der Waals surface area contributed by atoms with Gasteiger partial charge < -0.3 is 0 Å². The van der Waals surface area contributed by atoms with Crippen LogP contribution in [0.3, 0.4) is 0 Å². The molecule has 1 rings (SSSR count). The van der Waals surface area contributed by atoms with E-state index in [0.29, 0.717) is 0 Å². The first-order chi connectivity index (χ1) is 11.9. The van der Waals surface area contributed by atoms with Gasteiger partial charge in [-0.25, -0.2) is 0 Å². The highest BCUT2D eigenvalue weighted by atomic mass is 14.3. The lowest BCUT2D eigenvalue weighted by molar-refractivity contribution is 0.310. The van der Waals surface area contributed by atoms with E-state index in [9.17, 15) is 0 Å². The smallest absolute Gasteiger partial charge is 0.0322 e. The van der Waals surface area contributed by atoms with Crippen molar-refractivity contribution < 1.29 is 0 Å². The summed E-state index contributed by atoms with van der Waals surface area (Å²) >= 11 is 0. The molecule has 142 valence electrons. The summed E-state index contributed by atoms with van der Waals surface area (Å²) in [4.78, 5) is 0. The molecule has 0 aromatic carbocycles. The van der Waals surface area contributed by atoms with E-state index < -0.39 is 0 Å². The molecule has 1 atom stereocenters. The van der Waals surface area contributed by atoms with E-state index in [1.165, 1.54) is 122 Å². The average molecular weight is 335 g/mol. The highest BCUT2D eigenvalue weighted by molar-refractivity contribution is 4.81. The normalized spacial score (nSPS) is 16.5. The van der Waals surface area contributed by atoms with E-state index in [4.69, 9.17) is 0 Å². The summed E-state index contributed by atoms with van der Waals surface area (Å²) in [6.45, 7) is 6.29. The maximum atomic E-state index is 3.99. The molecule has 0 radical (unpaired) electrons. The summed E-state index contributed by atoms with van der Waals surface area (Å²) in [6, 6.07) is 0. The summed E-state index contributed by atoms with van der Waals surface area (Å²) in [6.07, 6.45) is 29.9. The lowest BCUT2D eigenvalue weighted by atomic mass is 9.84. The van der Waals surface area contributed by atoms with Crippen LogP contribution in [-0.4, -0.2) is 0 Å². The molecule has 1 aliphatic carbocycles. The fraction of sp³-hybridized carbons (Fsp3) is 0.917. The van der Waals surface area contributed by atoms with Gasteiger partial charge in [0, 0.05) is 0 Å². The number of unbranched alkanes of at least 4 members (excludes halogenated alkanes) is 12. The van der Waals surface area contributed by atoms with Gasteiger partial charge in [0.1, 0.15) is 0 Å². The fourth-order valence-electron chi connectivity index (χ4n) is 4.61. The van der Waals surface area contributed by atoms with Gasteiger partial charge in [0.25, 0.3) is 0 Å². The molecule has 0 aromatic heterocycles. The lowest BCUT2D eigenvalue weighted by Crippen LogP contribution is -2.11. The van der Waals surface area contributed by atoms with Gasteiger partial charge in [-0.15, -0.1) is 6.58 Å². The first-order valence-corrected chi connectivity index (χ1v) is 11.5. The second kappa shape index (κ2) is 16.2. The molecule has 0 nitrogen and oxygen atoms in total. The number of hydrogen-bond donors (Lipinski definition) is 0. The van der Waals surface area contributed by atoms with Gasteiger partial charge in [-0.05, 0) is 24.7 Å². The predicted molar refractivity (Wildman–Crippen MR) is 111 cm³/mol. The first-order valence-electron chi connectivity index (χ1n) is 11.5. The van der Waals surface area contributed by atoms with Crippen LogP contribution in [0.25, 0.3) is 0 Å². The SMILES string of the molecule is C=CCC(CCCCCCCCCCCCCCC)C1CCCC1. The fourth-order valence-corrected chi connectivity index (χ4v) is 4.61. The van der Waals surface area contributed by atoms with Crippen molar-refractivity contribution in [3.63, 3.8) is 0 Å². The Kier molecular flexibility index (Phi) is 14.7. The molecular formula is C24H46. The second-order valence-electron chi connectivity index (χ2n) is 8.36. The Morgan fingerprint density at radius 2 is 1.21 bits per heavy atom. The van der Waals surface area contributed by atoms with Crippen LogP contribution in [0.5, 0.6) is 0 Å². The molecule has 24 heavy (non-hydrogen) atoms. The van der Waals surface area contributed by atoms with E-state index >= 15 is 0 Å². The van der Waals surface area contributed by atoms with Crippen LogP contribution in [0.1, 0.15) is 129 Å². The predicted octanol–water partition coefficient (Wildman–Crippen LogP) is 8.85. The Morgan fingerprint density at radius 1 is 0.750 bits per heavy atom. The molecule has 0 saturated heterocycles. The molecule has 0 spiro atoms. The van der Waals surface area contributed by atoms with Gasteiger partial charge >= 0.3 is 0 Å². The third kappa shape index (κ3) is 11.3. The van der Waals surface area contributed by atoms with Crippen LogP contribution in [0, 0.1) is 11.8 Å². The van der Waals surface area contributed by atoms with Gasteiger partial charge in [0.05, 0.1) is 0 Å². The first kappa shape index (κ1) is 21.8. The van der Waals surface area contributed by atoms with Crippen molar-refractivity contribution in [2.75, 3.05) is 0 Å². The van der Waals surface area contributed by atoms with E-state index in [1.807, 2.05) is 0 Å². The van der Waals surface area contributed by atoms with Crippen LogP contribution in [0.2, 0.25) is 0 Å². The molecule has 1 saturated carbocycles. The zero-order chi connectivity index (χ0) is 17.3. The van der Waals surface area contributed by atoms with Gasteiger partial charge in [0.15, 0.2) is 0 Å². The lowest BCUT2D eigenvalue weighted by Gasteiger charge is -2.22. The standard InChI is InChI=1S/C24H46/c1-3-5-6-7-8-9-10-11-12-13-14-15-16-20-23(19-4-2)24-21-17-18-22-24/h4,23-24H,2-3,5-22H2,1H3. The molecule has 0 aliphatic heterocycles. The Labute approximate surface area is 153 Å². The number of allylic oxidation sites excluding steroid dienone is 1. The van der Waals surface area contributed by atoms with Crippen molar-refractivity contribution in [1.29, 1.82) is 0 Å². The molecule has 1 fully saturated rings. The molecule has 0 aromatic rings. The highest BCUT2D eigenvalue weighted by Crippen LogP contribution is 2.36. The van der Waals surface area contributed by atoms with Crippen molar-refractivity contribution in [2.24, 2.45) is 11.8 Å². The van der Waals surface area contributed by atoms with Crippen LogP contribution >= 0.6 is 0 Å². The topological polar surface area (TPSA) is 0 Å². The Balaban J connectivity index is 1.84. The number of rotatable bonds is 17. The molecule has 0 bridgehead atoms. The molecule has 0 heterocycles. The molecule has 0 N–H and O–H groups in total. The summed E-state index contributed by atoms with van der Waals surface area (Å²) in [5.74, 6) is 1.98. The maximum absolute atomic E-state index is 3.99. The van der Waals surface area contributed by atoms with E-state index in [1.54, 1.807) is 0 Å². The summed E-state index contributed by atoms with van der Waals surface area (Å²) in [5, 5.41) is 0. The third-order valence-corrected chi connectivity index (χ3v) is 6.21. The summed E-state index contributed by atoms with van der Waals surface area (Å²) in [5.41, 5.74) is 0.